The fourth-order valence-corrected chi connectivity index (χ4v) is 2.57. The van der Waals surface area contributed by atoms with Crippen LogP contribution in [0.25, 0.3) is 10.1 Å². The lowest BCUT2D eigenvalue weighted by molar-refractivity contribution is 0.0533. The molecule has 0 amide bonds. The summed E-state index contributed by atoms with van der Waals surface area (Å²) in [6.45, 7) is 2.11. The van der Waals surface area contributed by atoms with Gasteiger partial charge >= 0.3 is 5.97 Å². The average Bonchev–Trinajstić information content (AvgIpc) is 2.67. The molecule has 0 aliphatic rings. The minimum atomic E-state index is -0.370. The molecular weight excluding hydrogens is 238 g/mol. The van der Waals surface area contributed by atoms with Gasteiger partial charge in [-0.25, -0.2) is 4.79 Å². The molecule has 0 saturated carbocycles. The number of fused-ring (bicyclic) bond motifs is 1. The number of hydrogen-bond donors (Lipinski definition) is 1. The molecule has 2 rings (SSSR count). The number of methoxy groups -OCH3 is 1. The predicted octanol–water partition coefficient (Wildman–Crippen LogP) is 2.67. The molecule has 0 spiro atoms. The second-order valence-electron chi connectivity index (χ2n) is 3.43. The molecule has 0 radical (unpaired) electrons. The van der Waals surface area contributed by atoms with Crippen LogP contribution in [0.1, 0.15) is 16.6 Å². The lowest BCUT2D eigenvalue weighted by Crippen LogP contribution is -2.04. The topological polar surface area (TPSA) is 61.5 Å². The molecule has 0 bridgehead atoms. The molecule has 4 nitrogen and oxygen atoms in total. The summed E-state index contributed by atoms with van der Waals surface area (Å²) in [6.07, 6.45) is 0. The van der Waals surface area contributed by atoms with E-state index in [1.165, 1.54) is 11.3 Å². The van der Waals surface area contributed by atoms with Gasteiger partial charge in [0.25, 0.3) is 0 Å². The summed E-state index contributed by atoms with van der Waals surface area (Å²) in [6, 6.07) is 5.55. The van der Waals surface area contributed by atoms with Gasteiger partial charge in [0.2, 0.25) is 0 Å². The number of rotatable bonds is 3. The molecule has 17 heavy (non-hydrogen) atoms. The quantitative estimate of drug-likeness (QED) is 0.852. The van der Waals surface area contributed by atoms with Gasteiger partial charge < -0.3 is 15.2 Å². The van der Waals surface area contributed by atoms with Gasteiger partial charge in [0.05, 0.1) is 19.4 Å². The molecule has 90 valence electrons. The maximum atomic E-state index is 11.7. The van der Waals surface area contributed by atoms with Crippen molar-refractivity contribution < 1.29 is 14.3 Å². The third kappa shape index (κ3) is 2.06. The van der Waals surface area contributed by atoms with Crippen molar-refractivity contribution in [3.05, 3.63) is 23.1 Å². The van der Waals surface area contributed by atoms with Crippen LogP contribution < -0.4 is 10.5 Å². The van der Waals surface area contributed by atoms with Crippen LogP contribution in [0.15, 0.2) is 18.2 Å². The van der Waals surface area contributed by atoms with Crippen molar-refractivity contribution in [2.45, 2.75) is 6.92 Å². The van der Waals surface area contributed by atoms with Gasteiger partial charge in [-0.3, -0.25) is 0 Å². The lowest BCUT2D eigenvalue weighted by atomic mass is 10.2. The zero-order chi connectivity index (χ0) is 12.4. The largest absolute Gasteiger partial charge is 0.497 e. The summed E-state index contributed by atoms with van der Waals surface area (Å²) < 4.78 is 11.0. The Kier molecular flexibility index (Phi) is 3.19. The molecule has 0 aliphatic heterocycles. The highest BCUT2D eigenvalue weighted by atomic mass is 32.1. The molecule has 0 unspecified atom stereocenters. The van der Waals surface area contributed by atoms with Crippen LogP contribution in [0.5, 0.6) is 5.75 Å². The molecule has 5 heteroatoms. The van der Waals surface area contributed by atoms with Crippen molar-refractivity contribution in [1.82, 2.24) is 0 Å². The number of nitrogens with two attached hydrogens (primary N) is 1. The number of nitrogen functional groups attached to an aromatic ring is 1. The van der Waals surface area contributed by atoms with Crippen LogP contribution in [0.4, 0.5) is 5.69 Å². The zero-order valence-electron chi connectivity index (χ0n) is 9.65. The number of thiophene rings is 1. The minimum absolute atomic E-state index is 0.343. The highest BCUT2D eigenvalue weighted by Crippen LogP contribution is 2.36. The van der Waals surface area contributed by atoms with Gasteiger partial charge in [0, 0.05) is 10.1 Å². The van der Waals surface area contributed by atoms with Crippen molar-refractivity contribution in [2.24, 2.45) is 0 Å². The number of hydrogen-bond acceptors (Lipinski definition) is 5. The van der Waals surface area contributed by atoms with E-state index in [4.69, 9.17) is 15.2 Å². The van der Waals surface area contributed by atoms with Crippen LogP contribution in [-0.2, 0) is 4.74 Å². The predicted molar refractivity (Wildman–Crippen MR) is 68.7 cm³/mol. The monoisotopic (exact) mass is 251 g/mol. The Bertz CT molecular complexity index is 562. The third-order valence-electron chi connectivity index (χ3n) is 2.39. The Balaban J connectivity index is 2.53. The molecule has 1 aromatic heterocycles. The van der Waals surface area contributed by atoms with Crippen LogP contribution in [0.3, 0.4) is 0 Å². The molecule has 0 fully saturated rings. The first kappa shape index (κ1) is 11.7. The van der Waals surface area contributed by atoms with Gasteiger partial charge in [-0.2, -0.15) is 0 Å². The highest BCUT2D eigenvalue weighted by molar-refractivity contribution is 7.21. The van der Waals surface area contributed by atoms with Crippen molar-refractivity contribution in [2.75, 3.05) is 19.5 Å². The Hall–Kier alpha value is -1.75. The van der Waals surface area contributed by atoms with E-state index in [2.05, 4.69) is 0 Å². The zero-order valence-corrected chi connectivity index (χ0v) is 10.5. The maximum absolute atomic E-state index is 11.7. The van der Waals surface area contributed by atoms with Crippen molar-refractivity contribution >= 4 is 33.1 Å². The van der Waals surface area contributed by atoms with E-state index in [0.717, 1.165) is 15.8 Å². The second kappa shape index (κ2) is 4.63. The summed E-state index contributed by atoms with van der Waals surface area (Å²) in [4.78, 5) is 12.1. The summed E-state index contributed by atoms with van der Waals surface area (Å²) in [5.74, 6) is 0.350. The molecule has 1 aromatic carbocycles. The Morgan fingerprint density at radius 1 is 1.47 bits per heavy atom. The minimum Gasteiger partial charge on any atom is -0.497 e. The van der Waals surface area contributed by atoms with Crippen LogP contribution in [0.2, 0.25) is 0 Å². The number of carbonyl (C=O) groups is 1. The lowest BCUT2D eigenvalue weighted by Gasteiger charge is -2.00. The standard InChI is InChI=1S/C12H13NO3S/c1-3-16-12(14)11-10(13)8-6-7(15-2)4-5-9(8)17-11/h4-6H,3,13H2,1-2H3. The number of ether oxygens (including phenoxy) is 2. The first-order chi connectivity index (χ1) is 8.17. The summed E-state index contributed by atoms with van der Waals surface area (Å²) in [5, 5.41) is 0.831. The smallest absolute Gasteiger partial charge is 0.350 e. The van der Waals surface area contributed by atoms with Crippen molar-refractivity contribution in [3.8, 4) is 5.75 Å². The summed E-state index contributed by atoms with van der Waals surface area (Å²) in [7, 11) is 1.59. The fraction of sp³-hybridized carbons (Fsp3) is 0.250. The summed E-state index contributed by atoms with van der Waals surface area (Å²) in [5.41, 5.74) is 6.41. The molecule has 1 heterocycles. The molecule has 2 N–H and O–H groups in total. The molecule has 0 aliphatic carbocycles. The van der Waals surface area contributed by atoms with E-state index in [1.807, 2.05) is 18.2 Å². The van der Waals surface area contributed by atoms with Crippen LogP contribution in [0, 0.1) is 0 Å². The molecule has 2 aromatic rings. The van der Waals surface area contributed by atoms with Gasteiger partial charge in [-0.15, -0.1) is 11.3 Å². The van der Waals surface area contributed by atoms with Crippen LogP contribution in [-0.4, -0.2) is 19.7 Å². The fourth-order valence-electron chi connectivity index (χ4n) is 1.57. The normalized spacial score (nSPS) is 10.5. The first-order valence-corrected chi connectivity index (χ1v) is 6.02. The average molecular weight is 251 g/mol. The highest BCUT2D eigenvalue weighted by Gasteiger charge is 2.17. The number of benzene rings is 1. The molecule has 0 atom stereocenters. The van der Waals surface area contributed by atoms with Gasteiger partial charge in [0.1, 0.15) is 10.6 Å². The van der Waals surface area contributed by atoms with E-state index >= 15 is 0 Å². The van der Waals surface area contributed by atoms with Crippen molar-refractivity contribution in [1.29, 1.82) is 0 Å². The Labute approximate surface area is 103 Å². The van der Waals surface area contributed by atoms with Crippen molar-refractivity contribution in [3.63, 3.8) is 0 Å². The van der Waals surface area contributed by atoms with E-state index in [9.17, 15) is 4.79 Å². The van der Waals surface area contributed by atoms with Gasteiger partial charge in [0.15, 0.2) is 0 Å². The van der Waals surface area contributed by atoms with E-state index in [0.29, 0.717) is 17.2 Å². The van der Waals surface area contributed by atoms with Crippen LogP contribution >= 0.6 is 11.3 Å². The molecule has 0 saturated heterocycles. The van der Waals surface area contributed by atoms with Gasteiger partial charge in [-0.05, 0) is 25.1 Å². The second-order valence-corrected chi connectivity index (χ2v) is 4.48. The Morgan fingerprint density at radius 2 is 2.24 bits per heavy atom. The summed E-state index contributed by atoms with van der Waals surface area (Å²) >= 11 is 1.34. The first-order valence-electron chi connectivity index (χ1n) is 5.20. The van der Waals surface area contributed by atoms with Gasteiger partial charge in [-0.1, -0.05) is 0 Å². The third-order valence-corrected chi connectivity index (χ3v) is 3.56. The SMILES string of the molecule is CCOC(=O)c1sc2ccc(OC)cc2c1N. The maximum Gasteiger partial charge on any atom is 0.350 e. The number of carbonyl (C=O) groups excluding carboxylic acids is 1. The number of anilines is 1. The molecular formula is C12H13NO3S. The van der Waals surface area contributed by atoms with E-state index in [1.54, 1.807) is 14.0 Å². The number of esters is 1. The van der Waals surface area contributed by atoms with E-state index < -0.39 is 0 Å². The van der Waals surface area contributed by atoms with E-state index in [-0.39, 0.29) is 5.97 Å². The Morgan fingerprint density at radius 3 is 2.88 bits per heavy atom.